The molecule has 0 saturated carbocycles. The largest absolute Gasteiger partial charge is 0.361 e. The van der Waals surface area contributed by atoms with Crippen LogP contribution >= 0.6 is 11.8 Å². The Kier molecular flexibility index (Phi) is 7.01. The molecule has 1 aromatic carbocycles. The van der Waals surface area contributed by atoms with Gasteiger partial charge >= 0.3 is 0 Å². The van der Waals surface area contributed by atoms with Crippen LogP contribution in [0.2, 0.25) is 0 Å². The molecule has 1 aromatic heterocycles. The lowest BCUT2D eigenvalue weighted by atomic mass is 10.0. The fraction of sp³-hybridized carbons (Fsp3) is 0.385. The van der Waals surface area contributed by atoms with Gasteiger partial charge in [0.1, 0.15) is 0 Å². The highest BCUT2D eigenvalue weighted by molar-refractivity contribution is 7.98. The van der Waals surface area contributed by atoms with Gasteiger partial charge in [0.15, 0.2) is 0 Å². The van der Waals surface area contributed by atoms with Crippen LogP contribution in [0.1, 0.15) is 31.7 Å². The minimum Gasteiger partial charge on any atom is -0.361 e. The van der Waals surface area contributed by atoms with Gasteiger partial charge in [-0.15, -0.1) is 11.8 Å². The number of hydrogen-bond donors (Lipinski definition) is 1. The summed E-state index contributed by atoms with van der Waals surface area (Å²) >= 11 is 1.77. The van der Waals surface area contributed by atoms with Crippen molar-refractivity contribution in [1.29, 1.82) is 0 Å². The standard InChI is InChI=1S/C26H31N3O2S/c1-4-8-22-21(5-2)25(30)29(26(22)31)14-7-13-28-12-6-9-19(28)15-18-17-27-24-11-10-20(32-3)16-23(18)24/h4-5,8,10-11,16-17,19,27H,2,6-7,9,12-15H2,1,3H3/b8-4-. The van der Waals surface area contributed by atoms with Crippen molar-refractivity contribution < 1.29 is 9.59 Å². The average molecular weight is 450 g/mol. The number of likely N-dealkylation sites (tertiary alicyclic amines) is 1. The molecular weight excluding hydrogens is 418 g/mol. The monoisotopic (exact) mass is 449 g/mol. The SMILES string of the molecule is C=CC1=C(/C=C\C)C(=O)N(CCCN2CCCC2Cc2c[nH]c3ccc(SC)cc23)C1=O. The smallest absolute Gasteiger partial charge is 0.261 e. The van der Waals surface area contributed by atoms with Crippen molar-refractivity contribution in [3.8, 4) is 0 Å². The Bertz CT molecular complexity index is 1100. The molecule has 2 amide bonds. The van der Waals surface area contributed by atoms with Crippen molar-refractivity contribution in [2.75, 3.05) is 25.9 Å². The van der Waals surface area contributed by atoms with Crippen LogP contribution in [0.3, 0.4) is 0 Å². The molecule has 6 heteroatoms. The highest BCUT2D eigenvalue weighted by atomic mass is 32.2. The fourth-order valence-electron chi connectivity index (χ4n) is 4.90. The van der Waals surface area contributed by atoms with E-state index >= 15 is 0 Å². The van der Waals surface area contributed by atoms with Crippen LogP contribution in [0.4, 0.5) is 0 Å². The number of benzene rings is 1. The number of nitrogens with zero attached hydrogens (tertiary/aromatic N) is 2. The number of nitrogens with one attached hydrogen (secondary N) is 1. The van der Waals surface area contributed by atoms with Crippen LogP contribution in [0.5, 0.6) is 0 Å². The number of imide groups is 1. The Balaban J connectivity index is 1.37. The summed E-state index contributed by atoms with van der Waals surface area (Å²) < 4.78 is 0. The summed E-state index contributed by atoms with van der Waals surface area (Å²) in [5, 5.41) is 1.32. The second kappa shape index (κ2) is 9.92. The third-order valence-corrected chi connectivity index (χ3v) is 7.26. The fourth-order valence-corrected chi connectivity index (χ4v) is 5.34. The van der Waals surface area contributed by atoms with Crippen LogP contribution in [0, 0.1) is 0 Å². The summed E-state index contributed by atoms with van der Waals surface area (Å²) in [5.41, 5.74) is 3.43. The van der Waals surface area contributed by atoms with Gasteiger partial charge in [-0.25, -0.2) is 0 Å². The zero-order chi connectivity index (χ0) is 22.7. The normalized spacial score (nSPS) is 19.9. The minimum atomic E-state index is -0.223. The molecule has 5 nitrogen and oxygen atoms in total. The Labute approximate surface area is 194 Å². The van der Waals surface area contributed by atoms with E-state index in [4.69, 9.17) is 0 Å². The zero-order valence-corrected chi connectivity index (χ0v) is 19.7. The van der Waals surface area contributed by atoms with Crippen molar-refractivity contribution in [2.24, 2.45) is 0 Å². The Morgan fingerprint density at radius 3 is 2.78 bits per heavy atom. The van der Waals surface area contributed by atoms with E-state index < -0.39 is 0 Å². The quantitative estimate of drug-likeness (QED) is 0.445. The number of aromatic nitrogens is 1. The second-order valence-electron chi connectivity index (χ2n) is 8.41. The molecule has 0 bridgehead atoms. The van der Waals surface area contributed by atoms with Crippen LogP contribution in [-0.4, -0.2) is 58.5 Å². The highest BCUT2D eigenvalue weighted by Gasteiger charge is 2.35. The van der Waals surface area contributed by atoms with Gasteiger partial charge in [0.25, 0.3) is 11.8 Å². The number of allylic oxidation sites excluding steroid dienone is 1. The molecule has 0 spiro atoms. The highest BCUT2D eigenvalue weighted by Crippen LogP contribution is 2.29. The Morgan fingerprint density at radius 1 is 1.22 bits per heavy atom. The molecule has 32 heavy (non-hydrogen) atoms. The van der Waals surface area contributed by atoms with Crippen molar-refractivity contribution in [3.05, 3.63) is 65.9 Å². The zero-order valence-electron chi connectivity index (χ0n) is 18.9. The lowest BCUT2D eigenvalue weighted by Crippen LogP contribution is -2.37. The van der Waals surface area contributed by atoms with E-state index in [9.17, 15) is 9.59 Å². The van der Waals surface area contributed by atoms with E-state index in [1.54, 1.807) is 23.9 Å². The summed E-state index contributed by atoms with van der Waals surface area (Å²) in [6.45, 7) is 7.97. The van der Waals surface area contributed by atoms with Crippen molar-refractivity contribution in [3.63, 3.8) is 0 Å². The molecule has 1 atom stereocenters. The molecule has 4 rings (SSSR count). The summed E-state index contributed by atoms with van der Waals surface area (Å²) in [6, 6.07) is 7.10. The van der Waals surface area contributed by atoms with Gasteiger partial charge in [0.2, 0.25) is 0 Å². The maximum atomic E-state index is 12.7. The third-order valence-electron chi connectivity index (χ3n) is 6.53. The number of hydrogen-bond acceptors (Lipinski definition) is 4. The lowest BCUT2D eigenvalue weighted by molar-refractivity contribution is -0.137. The summed E-state index contributed by atoms with van der Waals surface area (Å²) in [6.07, 6.45) is 13.4. The van der Waals surface area contributed by atoms with Crippen LogP contribution < -0.4 is 0 Å². The van der Waals surface area contributed by atoms with E-state index in [0.717, 1.165) is 25.9 Å². The molecule has 2 aliphatic heterocycles. The maximum absolute atomic E-state index is 12.7. The lowest BCUT2D eigenvalue weighted by Gasteiger charge is -2.25. The molecule has 0 radical (unpaired) electrons. The van der Waals surface area contributed by atoms with Gasteiger partial charge in [-0.3, -0.25) is 19.4 Å². The Morgan fingerprint density at radius 2 is 2.03 bits per heavy atom. The van der Waals surface area contributed by atoms with Crippen LogP contribution in [0.15, 0.2) is 65.2 Å². The molecule has 3 heterocycles. The summed E-state index contributed by atoms with van der Waals surface area (Å²) in [4.78, 5) is 33.9. The average Bonchev–Trinajstić information content (AvgIpc) is 3.47. The van der Waals surface area contributed by atoms with E-state index in [-0.39, 0.29) is 11.8 Å². The number of fused-ring (bicyclic) bond motifs is 1. The van der Waals surface area contributed by atoms with Gasteiger partial charge in [-0.1, -0.05) is 24.8 Å². The number of thioether (sulfide) groups is 1. The molecular formula is C26H31N3O2S. The first-order valence-corrected chi connectivity index (χ1v) is 12.5. The molecule has 2 aromatic rings. The van der Waals surface area contributed by atoms with Gasteiger partial charge in [-0.05, 0) is 69.2 Å². The first kappa shape index (κ1) is 22.6. The number of carbonyl (C=O) groups excluding carboxylic acids is 2. The number of aromatic amines is 1. The molecule has 0 aliphatic carbocycles. The van der Waals surface area contributed by atoms with Crippen LogP contribution in [0.25, 0.3) is 10.9 Å². The van der Waals surface area contributed by atoms with Crippen LogP contribution in [-0.2, 0) is 16.0 Å². The molecule has 2 aliphatic rings. The molecule has 1 unspecified atom stereocenters. The van der Waals surface area contributed by atoms with E-state index in [1.165, 1.54) is 45.2 Å². The van der Waals surface area contributed by atoms with Gasteiger partial charge in [0, 0.05) is 41.1 Å². The molecule has 1 saturated heterocycles. The molecule has 168 valence electrons. The number of H-pyrrole nitrogens is 1. The third kappa shape index (κ3) is 4.34. The topological polar surface area (TPSA) is 56.4 Å². The van der Waals surface area contributed by atoms with Crippen molar-refractivity contribution >= 4 is 34.5 Å². The first-order chi connectivity index (χ1) is 15.6. The van der Waals surface area contributed by atoms with Gasteiger partial charge in [-0.2, -0.15) is 0 Å². The predicted octanol–water partition coefficient (Wildman–Crippen LogP) is 4.71. The van der Waals surface area contributed by atoms with Crippen molar-refractivity contribution in [2.45, 2.75) is 43.5 Å². The number of rotatable bonds is 9. The second-order valence-corrected chi connectivity index (χ2v) is 9.29. The number of carbonyl (C=O) groups is 2. The molecule has 1 fully saturated rings. The Hall–Kier alpha value is -2.57. The van der Waals surface area contributed by atoms with E-state index in [2.05, 4.69) is 47.1 Å². The predicted molar refractivity (Wildman–Crippen MR) is 132 cm³/mol. The van der Waals surface area contributed by atoms with E-state index in [1.807, 2.05) is 6.92 Å². The summed E-state index contributed by atoms with van der Waals surface area (Å²) in [7, 11) is 0. The maximum Gasteiger partial charge on any atom is 0.261 e. The van der Waals surface area contributed by atoms with E-state index in [0.29, 0.717) is 23.7 Å². The van der Waals surface area contributed by atoms with Gasteiger partial charge < -0.3 is 4.98 Å². The molecule has 1 N–H and O–H groups in total. The number of amides is 2. The van der Waals surface area contributed by atoms with Crippen molar-refractivity contribution in [1.82, 2.24) is 14.8 Å². The van der Waals surface area contributed by atoms with Gasteiger partial charge in [0.05, 0.1) is 11.1 Å². The minimum absolute atomic E-state index is 0.204. The summed E-state index contributed by atoms with van der Waals surface area (Å²) in [5.74, 6) is -0.427. The first-order valence-electron chi connectivity index (χ1n) is 11.3.